The summed E-state index contributed by atoms with van der Waals surface area (Å²) in [5, 5.41) is 0. The molecule has 2 fully saturated rings. The molecule has 2 aliphatic rings. The average Bonchev–Trinajstić information content (AvgIpc) is 2.87. The normalized spacial score (nSPS) is 25.1. The van der Waals surface area contributed by atoms with Crippen molar-refractivity contribution in [2.75, 3.05) is 6.61 Å². The Kier molecular flexibility index (Phi) is 5.00. The molecule has 0 aliphatic carbocycles. The minimum absolute atomic E-state index is 0.399. The van der Waals surface area contributed by atoms with E-state index in [0.717, 1.165) is 16.7 Å². The molecule has 1 aromatic rings. The van der Waals surface area contributed by atoms with Gasteiger partial charge in [-0.3, -0.25) is 0 Å². The van der Waals surface area contributed by atoms with E-state index in [-0.39, 0.29) is 0 Å². The molecule has 0 N–H and O–H groups in total. The maximum Gasteiger partial charge on any atom is 0.494 e. The van der Waals surface area contributed by atoms with Gasteiger partial charge >= 0.3 is 14.2 Å². The zero-order valence-electron chi connectivity index (χ0n) is 18.1. The lowest BCUT2D eigenvalue weighted by Gasteiger charge is -2.32. The minimum atomic E-state index is -0.462. The first-order valence-electron chi connectivity index (χ1n) is 9.77. The van der Waals surface area contributed by atoms with E-state index >= 15 is 0 Å². The van der Waals surface area contributed by atoms with Crippen molar-refractivity contribution in [3.05, 3.63) is 18.2 Å². The molecule has 27 heavy (non-hydrogen) atoms. The molecule has 0 atom stereocenters. The molecule has 148 valence electrons. The van der Waals surface area contributed by atoms with Crippen LogP contribution < -0.4 is 15.7 Å². The fourth-order valence-electron chi connectivity index (χ4n) is 3.13. The van der Waals surface area contributed by atoms with Gasteiger partial charge in [-0.25, -0.2) is 0 Å². The Morgan fingerprint density at radius 3 is 1.30 bits per heavy atom. The molecule has 7 heteroatoms. The van der Waals surface area contributed by atoms with Gasteiger partial charge in [0.15, 0.2) is 0 Å². The van der Waals surface area contributed by atoms with Crippen molar-refractivity contribution in [3.8, 4) is 5.75 Å². The number of rotatable bonds is 4. The lowest BCUT2D eigenvalue weighted by Crippen LogP contribution is -2.41. The molecule has 2 heterocycles. The van der Waals surface area contributed by atoms with Gasteiger partial charge in [0.25, 0.3) is 0 Å². The standard InChI is InChI=1S/C20H32B2O5/c1-10-23-16-12-14(21-24-17(2,3)18(4,5)25-21)11-15(13-16)22-26-19(6,7)20(8,9)27-22/h11-13H,10H2,1-9H3. The molecule has 0 amide bonds. The van der Waals surface area contributed by atoms with Crippen LogP contribution in [0.3, 0.4) is 0 Å². The van der Waals surface area contributed by atoms with Gasteiger partial charge in [0.2, 0.25) is 0 Å². The second-order valence-electron chi connectivity index (χ2n) is 9.44. The maximum atomic E-state index is 6.22. The van der Waals surface area contributed by atoms with Crippen LogP contribution in [0.25, 0.3) is 0 Å². The predicted octanol–water partition coefficient (Wildman–Crippen LogP) is 2.68. The molecule has 0 bridgehead atoms. The van der Waals surface area contributed by atoms with Gasteiger partial charge in [0, 0.05) is 0 Å². The highest BCUT2D eigenvalue weighted by molar-refractivity contribution is 6.66. The molecule has 2 saturated heterocycles. The molecule has 5 nitrogen and oxygen atoms in total. The highest BCUT2D eigenvalue weighted by Crippen LogP contribution is 2.38. The molecule has 2 aliphatic heterocycles. The lowest BCUT2D eigenvalue weighted by atomic mass is 9.71. The van der Waals surface area contributed by atoms with E-state index in [1.54, 1.807) is 0 Å². The Morgan fingerprint density at radius 1 is 0.667 bits per heavy atom. The summed E-state index contributed by atoms with van der Waals surface area (Å²) in [7, 11) is -0.923. The van der Waals surface area contributed by atoms with E-state index in [4.69, 9.17) is 23.4 Å². The first kappa shape index (κ1) is 20.7. The van der Waals surface area contributed by atoms with Crippen molar-refractivity contribution in [1.82, 2.24) is 0 Å². The van der Waals surface area contributed by atoms with E-state index in [1.165, 1.54) is 0 Å². The molecule has 0 aromatic heterocycles. The van der Waals surface area contributed by atoms with Crippen molar-refractivity contribution in [3.63, 3.8) is 0 Å². The number of hydrogen-bond donors (Lipinski definition) is 0. The fraction of sp³-hybridized carbons (Fsp3) is 0.700. The summed E-state index contributed by atoms with van der Waals surface area (Å²) in [5.74, 6) is 0.759. The van der Waals surface area contributed by atoms with Crippen molar-refractivity contribution >= 4 is 25.2 Å². The summed E-state index contributed by atoms with van der Waals surface area (Å²) in [4.78, 5) is 0. The van der Waals surface area contributed by atoms with E-state index in [9.17, 15) is 0 Å². The predicted molar refractivity (Wildman–Crippen MR) is 109 cm³/mol. The van der Waals surface area contributed by atoms with Crippen LogP contribution in [0.15, 0.2) is 18.2 Å². The van der Waals surface area contributed by atoms with Gasteiger partial charge < -0.3 is 23.4 Å². The summed E-state index contributed by atoms with van der Waals surface area (Å²) in [5.41, 5.74) is 0.217. The highest BCUT2D eigenvalue weighted by atomic mass is 16.7. The largest absolute Gasteiger partial charge is 0.494 e. The van der Waals surface area contributed by atoms with Crippen molar-refractivity contribution in [2.45, 2.75) is 84.7 Å². The maximum absolute atomic E-state index is 6.22. The van der Waals surface area contributed by atoms with Crippen LogP contribution in [0.5, 0.6) is 5.75 Å². The zero-order chi connectivity index (χ0) is 20.3. The minimum Gasteiger partial charge on any atom is -0.494 e. The molecule has 0 spiro atoms. The molecular weight excluding hydrogens is 342 g/mol. The number of ether oxygens (including phenoxy) is 1. The molecule has 1 aromatic carbocycles. The molecule has 0 saturated carbocycles. The van der Waals surface area contributed by atoms with Crippen LogP contribution >= 0.6 is 0 Å². The van der Waals surface area contributed by atoms with E-state index < -0.39 is 36.6 Å². The third kappa shape index (κ3) is 3.67. The van der Waals surface area contributed by atoms with E-state index in [0.29, 0.717) is 6.61 Å². The molecule has 0 radical (unpaired) electrons. The molecule has 0 unspecified atom stereocenters. The average molecular weight is 374 g/mol. The van der Waals surface area contributed by atoms with Crippen molar-refractivity contribution in [1.29, 1.82) is 0 Å². The molecular formula is C20H32B2O5. The van der Waals surface area contributed by atoms with Gasteiger partial charge in [0.1, 0.15) is 5.75 Å². The topological polar surface area (TPSA) is 46.2 Å². The van der Waals surface area contributed by atoms with Crippen LogP contribution in [0.4, 0.5) is 0 Å². The summed E-state index contributed by atoms with van der Waals surface area (Å²) < 4.78 is 30.7. The Balaban J connectivity index is 1.96. The summed E-state index contributed by atoms with van der Waals surface area (Å²) in [6, 6.07) is 5.98. The Hall–Kier alpha value is -1.01. The molecule has 3 rings (SSSR count). The van der Waals surface area contributed by atoms with Gasteiger partial charge in [-0.05, 0) is 85.4 Å². The summed E-state index contributed by atoms with van der Waals surface area (Å²) in [6.45, 7) is 18.9. The van der Waals surface area contributed by atoms with Gasteiger partial charge in [0.05, 0.1) is 29.0 Å². The van der Waals surface area contributed by atoms with E-state index in [2.05, 4.69) is 55.4 Å². The third-order valence-corrected chi connectivity index (χ3v) is 6.31. The van der Waals surface area contributed by atoms with Gasteiger partial charge in [-0.15, -0.1) is 0 Å². The van der Waals surface area contributed by atoms with Crippen LogP contribution in [-0.4, -0.2) is 43.2 Å². The number of hydrogen-bond acceptors (Lipinski definition) is 5. The lowest BCUT2D eigenvalue weighted by molar-refractivity contribution is 0.00578. The first-order valence-corrected chi connectivity index (χ1v) is 9.77. The monoisotopic (exact) mass is 374 g/mol. The summed E-state index contributed by atoms with van der Waals surface area (Å²) >= 11 is 0. The van der Waals surface area contributed by atoms with Crippen LogP contribution in [0, 0.1) is 0 Å². The highest BCUT2D eigenvalue weighted by Gasteiger charge is 2.54. The van der Waals surface area contributed by atoms with Crippen LogP contribution in [0.1, 0.15) is 62.3 Å². The fourth-order valence-corrected chi connectivity index (χ4v) is 3.13. The second-order valence-corrected chi connectivity index (χ2v) is 9.44. The SMILES string of the molecule is CCOc1cc(B2OC(C)(C)C(C)(C)O2)cc(B2OC(C)(C)C(C)(C)O2)c1. The Bertz CT molecular complexity index is 628. The van der Waals surface area contributed by atoms with Crippen LogP contribution in [0.2, 0.25) is 0 Å². The van der Waals surface area contributed by atoms with Crippen molar-refractivity contribution < 1.29 is 23.4 Å². The van der Waals surface area contributed by atoms with Gasteiger partial charge in [-0.1, -0.05) is 6.07 Å². The first-order chi connectivity index (χ1) is 12.3. The third-order valence-electron chi connectivity index (χ3n) is 6.31. The van der Waals surface area contributed by atoms with Crippen molar-refractivity contribution in [2.24, 2.45) is 0 Å². The zero-order valence-corrected chi connectivity index (χ0v) is 18.1. The Labute approximate surface area is 164 Å². The van der Waals surface area contributed by atoms with Crippen LogP contribution in [-0.2, 0) is 18.6 Å². The Morgan fingerprint density at radius 2 is 1.00 bits per heavy atom. The summed E-state index contributed by atoms with van der Waals surface area (Å²) in [6.07, 6.45) is 0. The quantitative estimate of drug-likeness (QED) is 0.759. The number of benzene rings is 1. The van der Waals surface area contributed by atoms with Gasteiger partial charge in [-0.2, -0.15) is 0 Å². The van der Waals surface area contributed by atoms with E-state index in [1.807, 2.05) is 25.1 Å². The smallest absolute Gasteiger partial charge is 0.494 e. The second kappa shape index (κ2) is 6.51.